The monoisotopic (exact) mass is 349 g/mol. The lowest BCUT2D eigenvalue weighted by Crippen LogP contribution is -2.35. The Bertz CT molecular complexity index is 627. The molecule has 0 spiro atoms. The van der Waals surface area contributed by atoms with E-state index in [1.807, 2.05) is 6.92 Å². The summed E-state index contributed by atoms with van der Waals surface area (Å²) in [6.07, 6.45) is 2.98. The molecule has 0 aromatic carbocycles. The van der Waals surface area contributed by atoms with Crippen molar-refractivity contribution in [2.45, 2.75) is 32.4 Å². The summed E-state index contributed by atoms with van der Waals surface area (Å²) >= 11 is 3.24. The lowest BCUT2D eigenvalue weighted by molar-refractivity contribution is 0.561. The maximum Gasteiger partial charge on any atom is 0.283 e. The van der Waals surface area contributed by atoms with Crippen LogP contribution in [0.25, 0.3) is 0 Å². The van der Waals surface area contributed by atoms with Crippen molar-refractivity contribution < 1.29 is 8.42 Å². The van der Waals surface area contributed by atoms with Gasteiger partial charge in [0.05, 0.1) is 23.4 Å². The third-order valence-electron chi connectivity index (χ3n) is 3.11. The molecular weight excluding hydrogens is 334 g/mol. The minimum atomic E-state index is -2.97. The van der Waals surface area contributed by atoms with Gasteiger partial charge in [0, 0.05) is 12.6 Å². The normalized spacial score (nSPS) is 22.1. The number of halogens is 1. The molecule has 2 heterocycles. The van der Waals surface area contributed by atoms with Gasteiger partial charge in [0.1, 0.15) is 4.47 Å². The van der Waals surface area contributed by atoms with Crippen molar-refractivity contribution in [1.82, 2.24) is 9.78 Å². The molecule has 1 unspecified atom stereocenters. The van der Waals surface area contributed by atoms with E-state index in [1.165, 1.54) is 4.68 Å². The van der Waals surface area contributed by atoms with Crippen LogP contribution in [0, 0.1) is 0 Å². The van der Waals surface area contributed by atoms with Crippen LogP contribution in [0.15, 0.2) is 15.5 Å². The number of nitrogens with zero attached hydrogens (tertiary/aromatic N) is 2. The first-order valence-electron chi connectivity index (χ1n) is 6.15. The largest absolute Gasteiger partial charge is 0.379 e. The van der Waals surface area contributed by atoms with E-state index in [2.05, 4.69) is 26.3 Å². The highest BCUT2D eigenvalue weighted by atomic mass is 79.9. The SMILES string of the molecule is CCn1ncc(NC2CCCS(=O)(=O)C2)c(Br)c1=O. The minimum Gasteiger partial charge on any atom is -0.379 e. The van der Waals surface area contributed by atoms with Crippen LogP contribution in [-0.4, -0.2) is 35.7 Å². The van der Waals surface area contributed by atoms with Crippen molar-refractivity contribution in [3.63, 3.8) is 0 Å². The lowest BCUT2D eigenvalue weighted by Gasteiger charge is -2.24. The molecule has 0 bridgehead atoms. The summed E-state index contributed by atoms with van der Waals surface area (Å²) in [4.78, 5) is 11.9. The van der Waals surface area contributed by atoms with Crippen molar-refractivity contribution in [3.05, 3.63) is 21.0 Å². The zero-order valence-corrected chi connectivity index (χ0v) is 13.0. The number of aromatic nitrogens is 2. The van der Waals surface area contributed by atoms with Crippen molar-refractivity contribution in [2.75, 3.05) is 16.8 Å². The van der Waals surface area contributed by atoms with E-state index < -0.39 is 9.84 Å². The molecule has 8 heteroatoms. The summed E-state index contributed by atoms with van der Waals surface area (Å²) in [6, 6.07) is -0.159. The Kier molecular flexibility index (Phi) is 4.29. The quantitative estimate of drug-likeness (QED) is 0.880. The molecule has 0 amide bonds. The highest BCUT2D eigenvalue weighted by molar-refractivity contribution is 9.10. The summed E-state index contributed by atoms with van der Waals surface area (Å²) in [5.41, 5.74) is 0.336. The van der Waals surface area contributed by atoms with Crippen LogP contribution in [0.3, 0.4) is 0 Å². The molecule has 1 aromatic heterocycles. The third kappa shape index (κ3) is 3.36. The van der Waals surface area contributed by atoms with Gasteiger partial charge >= 0.3 is 0 Å². The van der Waals surface area contributed by atoms with Crippen LogP contribution in [0.5, 0.6) is 0 Å². The van der Waals surface area contributed by atoms with Gasteiger partial charge in [-0.1, -0.05) is 0 Å². The van der Waals surface area contributed by atoms with Gasteiger partial charge in [-0.05, 0) is 35.7 Å². The second-order valence-corrected chi connectivity index (χ2v) is 7.61. The molecule has 0 aliphatic carbocycles. The second-order valence-electron chi connectivity index (χ2n) is 4.59. The molecule has 2 rings (SSSR count). The van der Waals surface area contributed by atoms with E-state index in [0.29, 0.717) is 23.1 Å². The number of hydrogen-bond donors (Lipinski definition) is 1. The van der Waals surface area contributed by atoms with Crippen LogP contribution < -0.4 is 10.9 Å². The highest BCUT2D eigenvalue weighted by Crippen LogP contribution is 2.21. The van der Waals surface area contributed by atoms with Gasteiger partial charge in [0.15, 0.2) is 9.84 Å². The molecule has 6 nitrogen and oxygen atoms in total. The molecule has 1 N–H and O–H groups in total. The maximum atomic E-state index is 11.9. The van der Waals surface area contributed by atoms with Gasteiger partial charge < -0.3 is 5.32 Å². The van der Waals surface area contributed by atoms with E-state index in [1.54, 1.807) is 6.20 Å². The Morgan fingerprint density at radius 1 is 1.58 bits per heavy atom. The Hall–Kier alpha value is -0.890. The summed E-state index contributed by atoms with van der Waals surface area (Å²) in [5, 5.41) is 7.12. The summed E-state index contributed by atoms with van der Waals surface area (Å²) in [5.74, 6) is 0.359. The standard InChI is InChI=1S/C11H16BrN3O3S/c1-2-15-11(16)10(12)9(6-13-15)14-8-4-3-5-19(17,18)7-8/h6,8,14H,2-5,7H2,1H3. The molecule has 1 atom stereocenters. The first-order valence-corrected chi connectivity index (χ1v) is 8.77. The Balaban J connectivity index is 2.20. The number of hydrogen-bond acceptors (Lipinski definition) is 5. The number of nitrogens with one attached hydrogen (secondary N) is 1. The fourth-order valence-electron chi connectivity index (χ4n) is 2.15. The second kappa shape index (κ2) is 5.62. The fourth-order valence-corrected chi connectivity index (χ4v) is 4.21. The summed E-state index contributed by atoms with van der Waals surface area (Å²) in [6.45, 7) is 2.33. The Morgan fingerprint density at radius 3 is 2.95 bits per heavy atom. The molecule has 1 aliphatic heterocycles. The highest BCUT2D eigenvalue weighted by Gasteiger charge is 2.25. The first kappa shape index (κ1) is 14.5. The van der Waals surface area contributed by atoms with Crippen molar-refractivity contribution in [3.8, 4) is 0 Å². The van der Waals surface area contributed by atoms with Crippen molar-refractivity contribution in [1.29, 1.82) is 0 Å². The Morgan fingerprint density at radius 2 is 2.32 bits per heavy atom. The van der Waals surface area contributed by atoms with Crippen LogP contribution in [0.2, 0.25) is 0 Å². The minimum absolute atomic E-state index is 0.107. The van der Waals surface area contributed by atoms with Crippen molar-refractivity contribution >= 4 is 31.5 Å². The third-order valence-corrected chi connectivity index (χ3v) is 5.69. The summed E-state index contributed by atoms with van der Waals surface area (Å²) in [7, 11) is -2.97. The number of sulfone groups is 1. The van der Waals surface area contributed by atoms with Gasteiger partial charge in [-0.2, -0.15) is 5.10 Å². The van der Waals surface area contributed by atoms with Gasteiger partial charge in [-0.3, -0.25) is 4.79 Å². The fraction of sp³-hybridized carbons (Fsp3) is 0.636. The van der Waals surface area contributed by atoms with Crippen molar-refractivity contribution in [2.24, 2.45) is 0 Å². The molecule has 0 saturated carbocycles. The molecule has 106 valence electrons. The van der Waals surface area contributed by atoms with Gasteiger partial charge in [0.2, 0.25) is 0 Å². The average Bonchev–Trinajstić information content (AvgIpc) is 2.34. The average molecular weight is 350 g/mol. The zero-order valence-electron chi connectivity index (χ0n) is 10.6. The Labute approximate surface area is 120 Å². The number of anilines is 1. The van der Waals surface area contributed by atoms with E-state index in [-0.39, 0.29) is 23.1 Å². The predicted molar refractivity (Wildman–Crippen MR) is 77.2 cm³/mol. The van der Waals surface area contributed by atoms with E-state index in [9.17, 15) is 13.2 Å². The van der Waals surface area contributed by atoms with E-state index in [4.69, 9.17) is 0 Å². The maximum absolute atomic E-state index is 11.9. The zero-order chi connectivity index (χ0) is 14.0. The number of rotatable bonds is 3. The molecule has 1 saturated heterocycles. The first-order chi connectivity index (χ1) is 8.93. The van der Waals surface area contributed by atoms with Crippen LogP contribution in [0.1, 0.15) is 19.8 Å². The topological polar surface area (TPSA) is 81.1 Å². The van der Waals surface area contributed by atoms with Gasteiger partial charge in [-0.15, -0.1) is 0 Å². The van der Waals surface area contributed by atoms with E-state index in [0.717, 1.165) is 6.42 Å². The number of aryl methyl sites for hydroxylation is 1. The molecule has 1 aliphatic rings. The lowest BCUT2D eigenvalue weighted by atomic mass is 10.2. The van der Waals surface area contributed by atoms with Crippen LogP contribution in [0.4, 0.5) is 5.69 Å². The molecule has 1 fully saturated rings. The smallest absolute Gasteiger partial charge is 0.283 e. The molecular formula is C11H16BrN3O3S. The van der Waals surface area contributed by atoms with Crippen LogP contribution >= 0.6 is 15.9 Å². The van der Waals surface area contributed by atoms with Gasteiger partial charge in [0.25, 0.3) is 5.56 Å². The van der Waals surface area contributed by atoms with Gasteiger partial charge in [-0.25, -0.2) is 13.1 Å². The van der Waals surface area contributed by atoms with Crippen LogP contribution in [-0.2, 0) is 16.4 Å². The summed E-state index contributed by atoms with van der Waals surface area (Å²) < 4.78 is 24.9. The molecule has 19 heavy (non-hydrogen) atoms. The predicted octanol–water partition coefficient (Wildman–Crippen LogP) is 1.01. The molecule has 1 aromatic rings. The molecule has 0 radical (unpaired) electrons. The van der Waals surface area contributed by atoms with E-state index >= 15 is 0 Å².